The van der Waals surface area contributed by atoms with Gasteiger partial charge in [-0.2, -0.15) is 0 Å². The molecule has 1 aromatic carbocycles. The van der Waals surface area contributed by atoms with Crippen molar-refractivity contribution in [3.8, 4) is 5.75 Å². The molecule has 98 valence electrons. The SMILES string of the molecule is Cc1cccc(OCCC2(C(N)=O)CCCN2)c1. The van der Waals surface area contributed by atoms with Crippen LogP contribution in [0.1, 0.15) is 24.8 Å². The number of ether oxygens (including phenoxy) is 1. The Morgan fingerprint density at radius 3 is 3.00 bits per heavy atom. The van der Waals surface area contributed by atoms with E-state index in [1.165, 1.54) is 0 Å². The average Bonchev–Trinajstić information content (AvgIpc) is 2.79. The maximum absolute atomic E-state index is 11.5. The van der Waals surface area contributed by atoms with Gasteiger partial charge in [0, 0.05) is 6.42 Å². The van der Waals surface area contributed by atoms with E-state index in [9.17, 15) is 4.79 Å². The standard InChI is InChI=1S/C14H20N2O2/c1-11-4-2-5-12(10-11)18-9-7-14(13(15)17)6-3-8-16-14/h2,4-5,10,16H,3,6-9H2,1H3,(H2,15,17). The average molecular weight is 248 g/mol. The van der Waals surface area contributed by atoms with Crippen LogP contribution in [0.25, 0.3) is 0 Å². The predicted octanol–water partition coefficient (Wildman–Crippen LogP) is 1.37. The summed E-state index contributed by atoms with van der Waals surface area (Å²) in [5.41, 5.74) is 6.08. The summed E-state index contributed by atoms with van der Waals surface area (Å²) in [5, 5.41) is 3.21. The molecular weight excluding hydrogens is 228 g/mol. The number of benzene rings is 1. The van der Waals surface area contributed by atoms with Crippen LogP contribution in [0, 0.1) is 6.92 Å². The summed E-state index contributed by atoms with van der Waals surface area (Å²) >= 11 is 0. The molecule has 1 aliphatic rings. The molecule has 0 bridgehead atoms. The van der Waals surface area contributed by atoms with Gasteiger partial charge in [-0.1, -0.05) is 12.1 Å². The Labute approximate surface area is 108 Å². The van der Waals surface area contributed by atoms with Crippen LogP contribution in [0.5, 0.6) is 5.75 Å². The molecule has 1 saturated heterocycles. The third-order valence-corrected chi connectivity index (χ3v) is 3.50. The third-order valence-electron chi connectivity index (χ3n) is 3.50. The maximum atomic E-state index is 11.5. The first-order chi connectivity index (χ1) is 8.62. The highest BCUT2D eigenvalue weighted by molar-refractivity contribution is 5.85. The van der Waals surface area contributed by atoms with Gasteiger partial charge in [-0.05, 0) is 44.0 Å². The molecule has 1 amide bonds. The van der Waals surface area contributed by atoms with Gasteiger partial charge in [0.15, 0.2) is 0 Å². The Balaban J connectivity index is 1.89. The second-order valence-electron chi connectivity index (χ2n) is 4.89. The summed E-state index contributed by atoms with van der Waals surface area (Å²) in [6.45, 7) is 3.38. The Morgan fingerprint density at radius 2 is 2.39 bits per heavy atom. The van der Waals surface area contributed by atoms with E-state index in [-0.39, 0.29) is 5.91 Å². The number of primary amides is 1. The summed E-state index contributed by atoms with van der Waals surface area (Å²) in [7, 11) is 0. The van der Waals surface area contributed by atoms with Crippen LogP contribution < -0.4 is 15.8 Å². The van der Waals surface area contributed by atoms with Gasteiger partial charge in [-0.25, -0.2) is 0 Å². The van der Waals surface area contributed by atoms with Gasteiger partial charge in [0.2, 0.25) is 5.91 Å². The van der Waals surface area contributed by atoms with Crippen LogP contribution in [0.4, 0.5) is 0 Å². The number of aryl methyl sites for hydroxylation is 1. The molecule has 0 saturated carbocycles. The fourth-order valence-corrected chi connectivity index (χ4v) is 2.40. The fraction of sp³-hybridized carbons (Fsp3) is 0.500. The minimum absolute atomic E-state index is 0.271. The number of nitrogens with one attached hydrogen (secondary N) is 1. The lowest BCUT2D eigenvalue weighted by Crippen LogP contribution is -2.52. The molecule has 18 heavy (non-hydrogen) atoms. The van der Waals surface area contributed by atoms with Crippen molar-refractivity contribution < 1.29 is 9.53 Å². The van der Waals surface area contributed by atoms with Crippen molar-refractivity contribution in [3.05, 3.63) is 29.8 Å². The summed E-state index contributed by atoms with van der Waals surface area (Å²) in [4.78, 5) is 11.5. The van der Waals surface area contributed by atoms with Crippen molar-refractivity contribution in [3.63, 3.8) is 0 Å². The van der Waals surface area contributed by atoms with Crippen molar-refractivity contribution in [2.75, 3.05) is 13.2 Å². The van der Waals surface area contributed by atoms with Gasteiger partial charge in [0.25, 0.3) is 0 Å². The van der Waals surface area contributed by atoms with Gasteiger partial charge in [0.05, 0.1) is 6.61 Å². The number of hydrogen-bond acceptors (Lipinski definition) is 3. The van der Waals surface area contributed by atoms with Crippen LogP contribution >= 0.6 is 0 Å². The molecule has 4 heteroatoms. The van der Waals surface area contributed by atoms with Crippen molar-refractivity contribution >= 4 is 5.91 Å². The first-order valence-electron chi connectivity index (χ1n) is 6.37. The molecule has 0 aliphatic carbocycles. The van der Waals surface area contributed by atoms with Gasteiger partial charge in [-0.15, -0.1) is 0 Å². The van der Waals surface area contributed by atoms with Crippen LogP contribution in [-0.4, -0.2) is 24.6 Å². The Bertz CT molecular complexity index is 426. The summed E-state index contributed by atoms with van der Waals surface area (Å²) < 4.78 is 5.68. The van der Waals surface area contributed by atoms with E-state index >= 15 is 0 Å². The van der Waals surface area contributed by atoms with E-state index in [1.807, 2.05) is 31.2 Å². The largest absolute Gasteiger partial charge is 0.494 e. The molecule has 4 nitrogen and oxygen atoms in total. The number of hydrogen-bond donors (Lipinski definition) is 2. The summed E-state index contributed by atoms with van der Waals surface area (Å²) in [6.07, 6.45) is 2.42. The number of rotatable bonds is 5. The van der Waals surface area contributed by atoms with Gasteiger partial charge < -0.3 is 15.8 Å². The molecule has 3 N–H and O–H groups in total. The minimum atomic E-state index is -0.566. The first-order valence-corrected chi connectivity index (χ1v) is 6.37. The van der Waals surface area contributed by atoms with E-state index < -0.39 is 5.54 Å². The highest BCUT2D eigenvalue weighted by Crippen LogP contribution is 2.23. The van der Waals surface area contributed by atoms with E-state index in [4.69, 9.17) is 10.5 Å². The lowest BCUT2D eigenvalue weighted by atomic mass is 9.93. The summed E-state index contributed by atoms with van der Waals surface area (Å²) in [6, 6.07) is 7.89. The molecule has 1 atom stereocenters. The van der Waals surface area contributed by atoms with Crippen molar-refractivity contribution in [2.24, 2.45) is 5.73 Å². The highest BCUT2D eigenvalue weighted by Gasteiger charge is 2.38. The van der Waals surface area contributed by atoms with Gasteiger partial charge in [0.1, 0.15) is 11.3 Å². The van der Waals surface area contributed by atoms with E-state index in [0.717, 1.165) is 30.7 Å². The molecule has 1 heterocycles. The molecule has 1 aliphatic heterocycles. The number of carbonyl (C=O) groups is 1. The van der Waals surface area contributed by atoms with Crippen LogP contribution in [-0.2, 0) is 4.79 Å². The molecule has 0 radical (unpaired) electrons. The molecular formula is C14H20N2O2. The maximum Gasteiger partial charge on any atom is 0.237 e. The van der Waals surface area contributed by atoms with Crippen LogP contribution in [0.2, 0.25) is 0 Å². The second-order valence-corrected chi connectivity index (χ2v) is 4.89. The smallest absolute Gasteiger partial charge is 0.237 e. The van der Waals surface area contributed by atoms with Gasteiger partial charge in [-0.3, -0.25) is 4.79 Å². The van der Waals surface area contributed by atoms with E-state index in [1.54, 1.807) is 0 Å². The van der Waals surface area contributed by atoms with Crippen molar-refractivity contribution in [1.82, 2.24) is 5.32 Å². The molecule has 1 aromatic rings. The van der Waals surface area contributed by atoms with Crippen molar-refractivity contribution in [1.29, 1.82) is 0 Å². The van der Waals surface area contributed by atoms with Crippen molar-refractivity contribution in [2.45, 2.75) is 31.7 Å². The second kappa shape index (κ2) is 5.40. The van der Waals surface area contributed by atoms with Crippen LogP contribution in [0.3, 0.4) is 0 Å². The zero-order chi connectivity index (χ0) is 13.0. The summed E-state index contributed by atoms with van der Waals surface area (Å²) in [5.74, 6) is 0.570. The topological polar surface area (TPSA) is 64.3 Å². The van der Waals surface area contributed by atoms with E-state index in [2.05, 4.69) is 5.32 Å². The zero-order valence-electron chi connectivity index (χ0n) is 10.7. The molecule has 0 aromatic heterocycles. The monoisotopic (exact) mass is 248 g/mol. The highest BCUT2D eigenvalue weighted by atomic mass is 16.5. The first kappa shape index (κ1) is 12.9. The predicted molar refractivity (Wildman–Crippen MR) is 70.5 cm³/mol. The number of carbonyl (C=O) groups excluding carboxylic acids is 1. The van der Waals surface area contributed by atoms with Crippen LogP contribution in [0.15, 0.2) is 24.3 Å². The molecule has 2 rings (SSSR count). The molecule has 0 spiro atoms. The third kappa shape index (κ3) is 2.82. The minimum Gasteiger partial charge on any atom is -0.494 e. The lowest BCUT2D eigenvalue weighted by molar-refractivity contribution is -0.124. The normalized spacial score (nSPS) is 22.9. The van der Waals surface area contributed by atoms with Gasteiger partial charge >= 0.3 is 0 Å². The molecule has 1 unspecified atom stereocenters. The Morgan fingerprint density at radius 1 is 1.56 bits per heavy atom. The Kier molecular flexibility index (Phi) is 3.87. The van der Waals surface area contributed by atoms with E-state index in [0.29, 0.717) is 13.0 Å². The number of nitrogens with two attached hydrogens (primary N) is 1. The lowest BCUT2D eigenvalue weighted by Gasteiger charge is -2.25. The Hall–Kier alpha value is -1.55. The number of amides is 1. The fourth-order valence-electron chi connectivity index (χ4n) is 2.40. The quantitative estimate of drug-likeness (QED) is 0.827. The molecule has 1 fully saturated rings. The zero-order valence-corrected chi connectivity index (χ0v) is 10.7.